The Balaban J connectivity index is 1.49. The van der Waals surface area contributed by atoms with E-state index < -0.39 is 10.8 Å². The van der Waals surface area contributed by atoms with E-state index in [1.807, 2.05) is 23.1 Å². The van der Waals surface area contributed by atoms with E-state index in [1.165, 1.54) is 6.07 Å². The molecule has 2 N–H and O–H groups in total. The maximum atomic E-state index is 12.7. The number of carbonyl (C=O) groups excluding carboxylic acids is 1. The van der Waals surface area contributed by atoms with Crippen molar-refractivity contribution < 1.29 is 9.72 Å². The van der Waals surface area contributed by atoms with E-state index in [0.29, 0.717) is 16.4 Å². The fourth-order valence-corrected chi connectivity index (χ4v) is 4.74. The molecule has 168 valence electrons. The van der Waals surface area contributed by atoms with Gasteiger partial charge >= 0.3 is 0 Å². The Labute approximate surface area is 196 Å². The molecule has 2 saturated heterocycles. The van der Waals surface area contributed by atoms with Crippen LogP contribution in [0.4, 0.5) is 22.7 Å². The predicted octanol–water partition coefficient (Wildman–Crippen LogP) is 4.58. The second-order valence-corrected chi connectivity index (χ2v) is 8.71. The van der Waals surface area contributed by atoms with Crippen molar-refractivity contribution in [2.24, 2.45) is 0 Å². The molecule has 2 fully saturated rings. The lowest BCUT2D eigenvalue weighted by atomic mass is 10.1. The van der Waals surface area contributed by atoms with Crippen LogP contribution < -0.4 is 20.4 Å². The van der Waals surface area contributed by atoms with Crippen LogP contribution in [0.3, 0.4) is 0 Å². The van der Waals surface area contributed by atoms with Crippen molar-refractivity contribution in [3.63, 3.8) is 0 Å². The van der Waals surface area contributed by atoms with Gasteiger partial charge in [0.15, 0.2) is 5.11 Å². The molecule has 2 aliphatic heterocycles. The highest BCUT2D eigenvalue weighted by Gasteiger charge is 2.24. The Morgan fingerprint density at radius 2 is 1.69 bits per heavy atom. The maximum absolute atomic E-state index is 12.7. The topological polar surface area (TPSA) is 90.8 Å². The Kier molecular flexibility index (Phi) is 6.76. The highest BCUT2D eigenvalue weighted by Crippen LogP contribution is 2.36. The summed E-state index contributed by atoms with van der Waals surface area (Å²) in [5.74, 6) is -0.511. The molecule has 0 bridgehead atoms. The summed E-state index contributed by atoms with van der Waals surface area (Å²) < 4.78 is 0. The van der Waals surface area contributed by atoms with Crippen molar-refractivity contribution in [1.82, 2.24) is 5.32 Å². The minimum atomic E-state index is -0.511. The molecular weight excluding hydrogens is 450 g/mol. The Morgan fingerprint density at radius 3 is 2.34 bits per heavy atom. The zero-order valence-corrected chi connectivity index (χ0v) is 19.0. The molecule has 0 radical (unpaired) electrons. The third-order valence-corrected chi connectivity index (χ3v) is 6.27. The molecule has 2 aliphatic rings. The number of thiocarbonyl (C=S) groups is 1. The van der Waals surface area contributed by atoms with Crippen molar-refractivity contribution in [3.8, 4) is 0 Å². The number of nitro benzene ring substituents is 1. The van der Waals surface area contributed by atoms with Gasteiger partial charge in [0.05, 0.1) is 21.3 Å². The van der Waals surface area contributed by atoms with E-state index in [0.717, 1.165) is 57.5 Å². The first-order valence-corrected chi connectivity index (χ1v) is 11.4. The van der Waals surface area contributed by atoms with Crippen molar-refractivity contribution >= 4 is 57.6 Å². The van der Waals surface area contributed by atoms with Gasteiger partial charge in [0.25, 0.3) is 11.6 Å². The SMILES string of the molecule is O=C(NC(=S)Nc1cccc(Cl)c1N1CCCC1)c1ccc(N2CCCC2)c([N+](=O)[O-])c1. The highest BCUT2D eigenvalue weighted by molar-refractivity contribution is 7.80. The van der Waals surface area contributed by atoms with Crippen molar-refractivity contribution in [1.29, 1.82) is 0 Å². The number of anilines is 3. The molecule has 0 saturated carbocycles. The van der Waals surface area contributed by atoms with Gasteiger partial charge in [0, 0.05) is 37.8 Å². The fraction of sp³-hybridized carbons (Fsp3) is 0.364. The second-order valence-electron chi connectivity index (χ2n) is 7.89. The summed E-state index contributed by atoms with van der Waals surface area (Å²) in [7, 11) is 0. The lowest BCUT2D eigenvalue weighted by Crippen LogP contribution is -2.34. The Bertz CT molecular complexity index is 1050. The highest BCUT2D eigenvalue weighted by atomic mass is 35.5. The molecule has 0 spiro atoms. The first-order valence-electron chi connectivity index (χ1n) is 10.6. The van der Waals surface area contributed by atoms with Crippen LogP contribution in [0.2, 0.25) is 5.02 Å². The normalized spacial score (nSPS) is 15.7. The van der Waals surface area contributed by atoms with Crippen LogP contribution in [0.5, 0.6) is 0 Å². The van der Waals surface area contributed by atoms with Crippen LogP contribution in [-0.2, 0) is 0 Å². The summed E-state index contributed by atoms with van der Waals surface area (Å²) >= 11 is 11.8. The van der Waals surface area contributed by atoms with E-state index in [-0.39, 0.29) is 16.4 Å². The smallest absolute Gasteiger partial charge is 0.293 e. The van der Waals surface area contributed by atoms with Crippen LogP contribution >= 0.6 is 23.8 Å². The van der Waals surface area contributed by atoms with Crippen LogP contribution in [0.25, 0.3) is 0 Å². The third-order valence-electron chi connectivity index (χ3n) is 5.77. The number of nitrogens with zero attached hydrogens (tertiary/aromatic N) is 3. The summed E-state index contributed by atoms with van der Waals surface area (Å²) in [6, 6.07) is 10.0. The lowest BCUT2D eigenvalue weighted by molar-refractivity contribution is -0.384. The molecule has 2 aromatic carbocycles. The molecule has 2 heterocycles. The van der Waals surface area contributed by atoms with Gasteiger partial charge in [-0.25, -0.2) is 0 Å². The molecule has 10 heteroatoms. The minimum absolute atomic E-state index is 0.0791. The van der Waals surface area contributed by atoms with E-state index in [1.54, 1.807) is 12.1 Å². The van der Waals surface area contributed by atoms with E-state index in [9.17, 15) is 14.9 Å². The molecule has 0 aliphatic carbocycles. The third kappa shape index (κ3) is 4.78. The van der Waals surface area contributed by atoms with Crippen LogP contribution in [0.1, 0.15) is 36.0 Å². The summed E-state index contributed by atoms with van der Waals surface area (Å²) in [5, 5.41) is 18.0. The molecule has 32 heavy (non-hydrogen) atoms. The molecule has 0 unspecified atom stereocenters. The number of carbonyl (C=O) groups is 1. The van der Waals surface area contributed by atoms with Gasteiger partial charge in [-0.3, -0.25) is 20.2 Å². The van der Waals surface area contributed by atoms with Crippen molar-refractivity contribution in [2.45, 2.75) is 25.7 Å². The number of halogens is 1. The quantitative estimate of drug-likeness (QED) is 0.373. The van der Waals surface area contributed by atoms with Gasteiger partial charge < -0.3 is 15.1 Å². The number of nitro groups is 1. The van der Waals surface area contributed by atoms with Gasteiger partial charge in [0.2, 0.25) is 0 Å². The second kappa shape index (κ2) is 9.70. The van der Waals surface area contributed by atoms with Gasteiger partial charge in [-0.15, -0.1) is 0 Å². The zero-order valence-electron chi connectivity index (χ0n) is 17.5. The number of para-hydroxylation sites is 1. The van der Waals surface area contributed by atoms with Gasteiger partial charge in [-0.2, -0.15) is 0 Å². The monoisotopic (exact) mass is 473 g/mol. The maximum Gasteiger partial charge on any atom is 0.293 e. The number of hydrogen-bond donors (Lipinski definition) is 2. The predicted molar refractivity (Wildman–Crippen MR) is 131 cm³/mol. The average Bonchev–Trinajstić information content (AvgIpc) is 3.48. The van der Waals surface area contributed by atoms with Crippen molar-refractivity contribution in [3.05, 3.63) is 57.1 Å². The summed E-state index contributed by atoms with van der Waals surface area (Å²) in [5.41, 5.74) is 2.20. The molecule has 2 aromatic rings. The lowest BCUT2D eigenvalue weighted by Gasteiger charge is -2.23. The number of benzene rings is 2. The van der Waals surface area contributed by atoms with Gasteiger partial charge in [0.1, 0.15) is 5.69 Å². The van der Waals surface area contributed by atoms with Crippen molar-refractivity contribution in [2.75, 3.05) is 41.3 Å². The van der Waals surface area contributed by atoms with E-state index in [4.69, 9.17) is 23.8 Å². The van der Waals surface area contributed by atoms with Crippen LogP contribution in [-0.4, -0.2) is 42.1 Å². The van der Waals surface area contributed by atoms with E-state index >= 15 is 0 Å². The summed E-state index contributed by atoms with van der Waals surface area (Å²) in [6.07, 6.45) is 4.20. The molecular formula is C22H24ClN5O3S. The molecule has 1 amide bonds. The Hall–Kier alpha value is -2.91. The summed E-state index contributed by atoms with van der Waals surface area (Å²) in [4.78, 5) is 28.1. The average molecular weight is 474 g/mol. The first kappa shape index (κ1) is 22.3. The Morgan fingerprint density at radius 1 is 1.03 bits per heavy atom. The molecule has 8 nitrogen and oxygen atoms in total. The largest absolute Gasteiger partial charge is 0.369 e. The summed E-state index contributed by atoms with van der Waals surface area (Å²) in [6.45, 7) is 3.37. The number of rotatable bonds is 5. The van der Waals surface area contributed by atoms with Gasteiger partial charge in [-0.05, 0) is 62.2 Å². The number of amides is 1. The minimum Gasteiger partial charge on any atom is -0.369 e. The fourth-order valence-electron chi connectivity index (χ4n) is 4.24. The number of nitrogens with one attached hydrogen (secondary N) is 2. The zero-order chi connectivity index (χ0) is 22.7. The molecule has 0 atom stereocenters. The van der Waals surface area contributed by atoms with Crippen LogP contribution in [0, 0.1) is 10.1 Å². The molecule has 0 aromatic heterocycles. The van der Waals surface area contributed by atoms with Gasteiger partial charge in [-0.1, -0.05) is 17.7 Å². The van der Waals surface area contributed by atoms with Crippen LogP contribution in [0.15, 0.2) is 36.4 Å². The molecule has 4 rings (SSSR count). The van der Waals surface area contributed by atoms with E-state index in [2.05, 4.69) is 15.5 Å². The standard InChI is InChI=1S/C22H24ClN5O3S/c23-16-6-5-7-17(20(16)27-12-3-4-13-27)24-22(32)25-21(29)15-8-9-18(19(14-15)28(30)31)26-10-1-2-11-26/h5-9,14H,1-4,10-13H2,(H2,24,25,29,32). The number of hydrogen-bond acceptors (Lipinski definition) is 6. The first-order chi connectivity index (χ1) is 15.4.